The summed E-state index contributed by atoms with van der Waals surface area (Å²) in [7, 11) is 0. The molecule has 5 rings (SSSR count). The number of H-pyrrole nitrogens is 2. The lowest BCUT2D eigenvalue weighted by Crippen LogP contribution is -2.12. The van der Waals surface area contributed by atoms with Crippen molar-refractivity contribution in [3.8, 4) is 11.3 Å². The van der Waals surface area contributed by atoms with Crippen LogP contribution in [0.4, 0.5) is 4.39 Å². The predicted molar refractivity (Wildman–Crippen MR) is 124 cm³/mol. The summed E-state index contributed by atoms with van der Waals surface area (Å²) in [4.78, 5) is 25.4. The van der Waals surface area contributed by atoms with Gasteiger partial charge in [0.05, 0.1) is 16.9 Å². The molecule has 0 aliphatic carbocycles. The molecule has 0 saturated heterocycles. The number of furan rings is 1. The first-order chi connectivity index (χ1) is 15.6. The van der Waals surface area contributed by atoms with E-state index >= 15 is 0 Å². The lowest BCUT2D eigenvalue weighted by Gasteiger charge is -2.07. The highest BCUT2D eigenvalue weighted by Gasteiger charge is 2.18. The maximum atomic E-state index is 13.0. The Morgan fingerprint density at radius 2 is 2.03 bits per heavy atom. The van der Waals surface area contributed by atoms with Crippen molar-refractivity contribution in [2.45, 2.75) is 17.3 Å². The summed E-state index contributed by atoms with van der Waals surface area (Å²) in [5, 5.41) is 9.83. The van der Waals surface area contributed by atoms with Gasteiger partial charge in [0.25, 0.3) is 5.56 Å². The van der Waals surface area contributed by atoms with Crippen LogP contribution in [0.25, 0.3) is 33.7 Å². The van der Waals surface area contributed by atoms with Crippen LogP contribution in [-0.4, -0.2) is 25.1 Å². The normalized spacial score (nSPS) is 12.7. The molecule has 5 aromatic rings. The quantitative estimate of drug-likeness (QED) is 0.320. The van der Waals surface area contributed by atoms with Crippen LogP contribution >= 0.6 is 23.1 Å². The van der Waals surface area contributed by atoms with Crippen LogP contribution in [0.3, 0.4) is 0 Å². The van der Waals surface area contributed by atoms with Crippen LogP contribution in [-0.2, 0) is 0 Å². The summed E-state index contributed by atoms with van der Waals surface area (Å²) in [5.74, 6) is 1.48. The molecule has 32 heavy (non-hydrogen) atoms. The fourth-order valence-electron chi connectivity index (χ4n) is 3.12. The van der Waals surface area contributed by atoms with Gasteiger partial charge in [0.1, 0.15) is 28.1 Å². The smallest absolute Gasteiger partial charge is 0.260 e. The largest absolute Gasteiger partial charge is 0.464 e. The molecule has 7 nitrogen and oxygen atoms in total. The number of hydrogen-bond donors (Lipinski definition) is 2. The molecule has 1 aromatic carbocycles. The number of nitrogens with one attached hydrogen (secondary N) is 2. The first kappa shape index (κ1) is 20.4. The highest BCUT2D eigenvalue weighted by molar-refractivity contribution is 7.99. The lowest BCUT2D eigenvalue weighted by atomic mass is 10.2. The molecule has 160 valence electrons. The summed E-state index contributed by atoms with van der Waals surface area (Å²) in [6, 6.07) is 9.77. The minimum atomic E-state index is -0.279. The highest BCUT2D eigenvalue weighted by Crippen LogP contribution is 2.34. The standard InChI is InChI=1S/C22H16FN5O2S2/c1-12(32-22-24-17(27-28-22)9-6-13-4-7-14(23)8-5-13)19-25-20(29)18-15(11-31-21(18)26-19)16-3-2-10-30-16/h2-12H,1H3,(H,24,27,28)(H,25,26,29)/b9-6+. The Labute approximate surface area is 189 Å². The summed E-state index contributed by atoms with van der Waals surface area (Å²) in [6.45, 7) is 1.93. The molecule has 0 saturated carbocycles. The van der Waals surface area contributed by atoms with Gasteiger partial charge in [-0.1, -0.05) is 30.0 Å². The second kappa shape index (κ2) is 8.56. The molecule has 0 aliphatic rings. The Hall–Kier alpha value is -3.50. The van der Waals surface area contributed by atoms with Crippen LogP contribution in [0.5, 0.6) is 0 Å². The molecule has 2 N–H and O–H groups in total. The van der Waals surface area contributed by atoms with Crippen molar-refractivity contribution in [3.05, 3.63) is 81.4 Å². The molecule has 0 spiro atoms. The molecular weight excluding hydrogens is 449 g/mol. The Morgan fingerprint density at radius 3 is 2.81 bits per heavy atom. The van der Waals surface area contributed by atoms with Gasteiger partial charge in [0.15, 0.2) is 0 Å². The zero-order valence-corrected chi connectivity index (χ0v) is 18.3. The van der Waals surface area contributed by atoms with Crippen molar-refractivity contribution in [1.29, 1.82) is 0 Å². The Balaban J connectivity index is 1.33. The maximum absolute atomic E-state index is 13.0. The van der Waals surface area contributed by atoms with Crippen molar-refractivity contribution >= 4 is 45.5 Å². The van der Waals surface area contributed by atoms with E-state index in [1.807, 2.05) is 24.4 Å². The van der Waals surface area contributed by atoms with Gasteiger partial charge in [-0.05, 0) is 42.8 Å². The predicted octanol–water partition coefficient (Wildman–Crippen LogP) is 5.53. The van der Waals surface area contributed by atoms with Crippen molar-refractivity contribution in [3.63, 3.8) is 0 Å². The van der Waals surface area contributed by atoms with E-state index in [1.54, 1.807) is 30.5 Å². The van der Waals surface area contributed by atoms with Gasteiger partial charge < -0.3 is 9.40 Å². The van der Waals surface area contributed by atoms with E-state index in [0.717, 1.165) is 11.1 Å². The molecular formula is C22H16FN5O2S2. The zero-order chi connectivity index (χ0) is 22.1. The number of aromatic nitrogens is 5. The van der Waals surface area contributed by atoms with Gasteiger partial charge in [-0.2, -0.15) is 0 Å². The third-order valence-electron chi connectivity index (χ3n) is 4.70. The molecule has 0 amide bonds. The number of thiophene rings is 1. The summed E-state index contributed by atoms with van der Waals surface area (Å²) in [6.07, 6.45) is 5.16. The minimum Gasteiger partial charge on any atom is -0.464 e. The van der Waals surface area contributed by atoms with Crippen molar-refractivity contribution in [2.24, 2.45) is 0 Å². The third kappa shape index (κ3) is 4.14. The summed E-state index contributed by atoms with van der Waals surface area (Å²) >= 11 is 2.78. The van der Waals surface area contributed by atoms with E-state index in [9.17, 15) is 9.18 Å². The molecule has 1 unspecified atom stereocenters. The van der Waals surface area contributed by atoms with Gasteiger partial charge in [-0.25, -0.2) is 14.4 Å². The third-order valence-corrected chi connectivity index (χ3v) is 6.54. The number of fused-ring (bicyclic) bond motifs is 1. The Bertz CT molecular complexity index is 1450. The zero-order valence-electron chi connectivity index (χ0n) is 16.7. The number of halogens is 1. The average Bonchev–Trinajstić information content (AvgIpc) is 3.54. The van der Waals surface area contributed by atoms with E-state index < -0.39 is 0 Å². The molecule has 4 heterocycles. The SMILES string of the molecule is CC(Sc1n[nH]c(/C=C/c2ccc(F)cc2)n1)c1nc2scc(-c3ccco3)c2c(=O)[nH]1. The van der Waals surface area contributed by atoms with Crippen LogP contribution in [0.15, 0.2) is 62.4 Å². The molecule has 0 aliphatic heterocycles. The fraction of sp³-hybridized carbons (Fsp3) is 0.0909. The second-order valence-electron chi connectivity index (χ2n) is 6.91. The first-order valence-corrected chi connectivity index (χ1v) is 11.4. The van der Waals surface area contributed by atoms with Crippen LogP contribution in [0.1, 0.15) is 29.4 Å². The molecule has 1 atom stereocenters. The molecule has 4 aromatic heterocycles. The van der Waals surface area contributed by atoms with Gasteiger partial charge in [-0.3, -0.25) is 9.89 Å². The maximum Gasteiger partial charge on any atom is 0.260 e. The highest BCUT2D eigenvalue weighted by atomic mass is 32.2. The van der Waals surface area contributed by atoms with Gasteiger partial charge in [0, 0.05) is 10.9 Å². The summed E-state index contributed by atoms with van der Waals surface area (Å²) in [5.41, 5.74) is 1.38. The van der Waals surface area contributed by atoms with E-state index in [1.165, 1.54) is 35.2 Å². The van der Waals surface area contributed by atoms with Crippen LogP contribution in [0.2, 0.25) is 0 Å². The number of aromatic amines is 2. The van der Waals surface area contributed by atoms with Gasteiger partial charge in [-0.15, -0.1) is 16.4 Å². The molecule has 0 fully saturated rings. The fourth-order valence-corrected chi connectivity index (χ4v) is 4.84. The van der Waals surface area contributed by atoms with Crippen LogP contribution < -0.4 is 5.56 Å². The summed E-state index contributed by atoms with van der Waals surface area (Å²) < 4.78 is 18.4. The first-order valence-electron chi connectivity index (χ1n) is 9.65. The molecule has 0 bridgehead atoms. The molecule has 0 radical (unpaired) electrons. The van der Waals surface area contributed by atoms with Crippen molar-refractivity contribution in [1.82, 2.24) is 25.1 Å². The number of hydrogen-bond acceptors (Lipinski definition) is 7. The Morgan fingerprint density at radius 1 is 1.19 bits per heavy atom. The van der Waals surface area contributed by atoms with Gasteiger partial charge in [0.2, 0.25) is 5.16 Å². The van der Waals surface area contributed by atoms with Crippen molar-refractivity contribution in [2.75, 3.05) is 0 Å². The number of benzene rings is 1. The monoisotopic (exact) mass is 465 g/mol. The minimum absolute atomic E-state index is 0.175. The van der Waals surface area contributed by atoms with E-state index in [2.05, 4.69) is 25.1 Å². The average molecular weight is 466 g/mol. The molecule has 10 heteroatoms. The lowest BCUT2D eigenvalue weighted by molar-refractivity contribution is 0.583. The van der Waals surface area contributed by atoms with Crippen molar-refractivity contribution < 1.29 is 8.81 Å². The van der Waals surface area contributed by atoms with E-state index in [0.29, 0.717) is 32.8 Å². The number of rotatable bonds is 6. The number of thioether (sulfide) groups is 1. The Kier molecular flexibility index (Phi) is 5.46. The number of nitrogens with zero attached hydrogens (tertiary/aromatic N) is 3. The second-order valence-corrected chi connectivity index (χ2v) is 9.07. The van der Waals surface area contributed by atoms with E-state index in [-0.39, 0.29) is 16.6 Å². The van der Waals surface area contributed by atoms with Crippen LogP contribution in [0, 0.1) is 5.82 Å². The topological polar surface area (TPSA) is 100 Å². The van der Waals surface area contributed by atoms with E-state index in [4.69, 9.17) is 4.42 Å². The van der Waals surface area contributed by atoms with Gasteiger partial charge >= 0.3 is 0 Å².